The summed E-state index contributed by atoms with van der Waals surface area (Å²) in [5.41, 5.74) is 1.27. The average Bonchev–Trinajstić information content (AvgIpc) is 3.28. The highest BCUT2D eigenvalue weighted by Crippen LogP contribution is 2.24. The summed E-state index contributed by atoms with van der Waals surface area (Å²) in [6.45, 7) is 3.19. The van der Waals surface area contributed by atoms with Crippen molar-refractivity contribution >= 4 is 64.1 Å². The highest BCUT2D eigenvalue weighted by atomic mass is 35.5. The van der Waals surface area contributed by atoms with E-state index in [1.807, 2.05) is 12.1 Å². The molecule has 0 radical (unpaired) electrons. The molecule has 184 valence electrons. The Balaban J connectivity index is 1.37. The average molecular weight is 547 g/mol. The molecule has 13 heteroatoms. The van der Waals surface area contributed by atoms with Crippen LogP contribution in [0.3, 0.4) is 0 Å². The molecule has 1 aromatic heterocycles. The van der Waals surface area contributed by atoms with E-state index in [-0.39, 0.29) is 36.4 Å². The number of carbonyl (C=O) groups excluding carboxylic acids is 2. The number of hydrogen-bond acceptors (Lipinski definition) is 8. The summed E-state index contributed by atoms with van der Waals surface area (Å²) >= 11 is 14.6. The lowest BCUT2D eigenvalue weighted by Gasteiger charge is -2.33. The standard InChI is InChI=1S/C21H24Cl2N4O5S2/c22-15-2-1-13(7-16(15)23)9-27-5-6-32-14(10-27)8-25-18(28)12-34-21-26-17(11-33-21)20(31)24-4-3-19(29)30/h1-2,7,11,14H,3-6,8-10,12H2,(H,24,31)(H,25,28)(H,29,30)/t14-/m0/s1. The van der Waals surface area contributed by atoms with Crippen LogP contribution >= 0.6 is 46.3 Å². The number of hydrogen-bond donors (Lipinski definition) is 3. The molecular weight excluding hydrogens is 523 g/mol. The predicted octanol–water partition coefficient (Wildman–Crippen LogP) is 2.76. The first kappa shape index (κ1) is 26.7. The third kappa shape index (κ3) is 8.71. The lowest BCUT2D eigenvalue weighted by molar-refractivity contribution is -0.136. The minimum Gasteiger partial charge on any atom is -0.481 e. The zero-order valence-electron chi connectivity index (χ0n) is 18.1. The number of ether oxygens (including phenoxy) is 1. The van der Waals surface area contributed by atoms with E-state index in [1.54, 1.807) is 11.4 Å². The van der Waals surface area contributed by atoms with E-state index in [4.69, 9.17) is 33.0 Å². The smallest absolute Gasteiger partial charge is 0.305 e. The Morgan fingerprint density at radius 3 is 2.85 bits per heavy atom. The molecule has 1 aliphatic rings. The monoisotopic (exact) mass is 546 g/mol. The van der Waals surface area contributed by atoms with Crippen LogP contribution in [-0.4, -0.2) is 77.4 Å². The van der Waals surface area contributed by atoms with Gasteiger partial charge in [-0.3, -0.25) is 19.3 Å². The Morgan fingerprint density at radius 1 is 1.26 bits per heavy atom. The number of carboxylic acid groups (broad SMARTS) is 1. The molecule has 9 nitrogen and oxygen atoms in total. The molecule has 1 atom stereocenters. The van der Waals surface area contributed by atoms with Crippen molar-refractivity contribution in [2.75, 3.05) is 38.5 Å². The maximum absolute atomic E-state index is 12.3. The van der Waals surface area contributed by atoms with Gasteiger partial charge in [0.05, 0.1) is 34.9 Å². The Bertz CT molecular complexity index is 1020. The van der Waals surface area contributed by atoms with E-state index in [1.165, 1.54) is 23.1 Å². The number of aromatic nitrogens is 1. The van der Waals surface area contributed by atoms with Gasteiger partial charge < -0.3 is 20.5 Å². The lowest BCUT2D eigenvalue weighted by Crippen LogP contribution is -2.47. The number of rotatable bonds is 11. The quantitative estimate of drug-likeness (QED) is 0.368. The molecule has 2 amide bonds. The van der Waals surface area contributed by atoms with E-state index in [0.717, 1.165) is 18.7 Å². The Hall–Kier alpha value is -1.89. The van der Waals surface area contributed by atoms with Gasteiger partial charge in [0.1, 0.15) is 5.69 Å². The van der Waals surface area contributed by atoms with Crippen LogP contribution in [-0.2, 0) is 20.9 Å². The fourth-order valence-electron chi connectivity index (χ4n) is 3.15. The Labute approximate surface area is 215 Å². The number of thiazole rings is 1. The SMILES string of the molecule is O=C(O)CCNC(=O)c1csc(SCC(=O)NC[C@H]2CN(Cc3ccc(Cl)c(Cl)c3)CCO2)n1. The molecule has 2 aromatic rings. The van der Waals surface area contributed by atoms with Gasteiger partial charge in [-0.25, -0.2) is 4.98 Å². The molecule has 3 N–H and O–H groups in total. The van der Waals surface area contributed by atoms with Gasteiger partial charge in [-0.1, -0.05) is 41.0 Å². The number of nitrogens with one attached hydrogen (secondary N) is 2. The third-order valence-corrected chi connectivity index (χ3v) is 7.57. The molecule has 0 saturated carbocycles. The first-order valence-electron chi connectivity index (χ1n) is 10.4. The van der Waals surface area contributed by atoms with Gasteiger partial charge >= 0.3 is 5.97 Å². The Morgan fingerprint density at radius 2 is 2.09 bits per heavy atom. The van der Waals surface area contributed by atoms with Crippen molar-refractivity contribution in [3.8, 4) is 0 Å². The van der Waals surface area contributed by atoms with E-state index < -0.39 is 11.9 Å². The molecule has 1 saturated heterocycles. The largest absolute Gasteiger partial charge is 0.481 e. The van der Waals surface area contributed by atoms with Crippen LogP contribution in [0.15, 0.2) is 27.9 Å². The number of morpholine rings is 1. The first-order chi connectivity index (χ1) is 16.3. The van der Waals surface area contributed by atoms with Crippen LogP contribution in [0.5, 0.6) is 0 Å². The second kappa shape index (κ2) is 13.3. The first-order valence-corrected chi connectivity index (χ1v) is 13.0. The normalized spacial score (nSPS) is 16.2. The van der Waals surface area contributed by atoms with Gasteiger partial charge in [0.25, 0.3) is 5.91 Å². The summed E-state index contributed by atoms with van der Waals surface area (Å²) < 4.78 is 6.36. The Kier molecular flexibility index (Phi) is 10.4. The topological polar surface area (TPSA) is 121 Å². The van der Waals surface area contributed by atoms with Gasteiger partial charge in [-0.05, 0) is 17.7 Å². The van der Waals surface area contributed by atoms with Crippen molar-refractivity contribution in [2.45, 2.75) is 23.4 Å². The highest BCUT2D eigenvalue weighted by Gasteiger charge is 2.21. The van der Waals surface area contributed by atoms with E-state index >= 15 is 0 Å². The van der Waals surface area contributed by atoms with Crippen LogP contribution < -0.4 is 10.6 Å². The van der Waals surface area contributed by atoms with Crippen LogP contribution in [0.25, 0.3) is 0 Å². The summed E-state index contributed by atoms with van der Waals surface area (Å²) in [6, 6.07) is 5.59. The van der Waals surface area contributed by atoms with Crippen molar-refractivity contribution in [1.29, 1.82) is 0 Å². The highest BCUT2D eigenvalue weighted by molar-refractivity contribution is 8.01. The van der Waals surface area contributed by atoms with Crippen molar-refractivity contribution in [3.63, 3.8) is 0 Å². The number of aliphatic carboxylic acids is 1. The van der Waals surface area contributed by atoms with E-state index in [2.05, 4.69) is 20.5 Å². The molecule has 1 aromatic carbocycles. The van der Waals surface area contributed by atoms with Gasteiger partial charge in [-0.15, -0.1) is 11.3 Å². The summed E-state index contributed by atoms with van der Waals surface area (Å²) in [5, 5.41) is 16.6. The van der Waals surface area contributed by atoms with E-state index in [0.29, 0.717) is 34.1 Å². The number of thioether (sulfide) groups is 1. The van der Waals surface area contributed by atoms with Crippen molar-refractivity contribution in [3.05, 3.63) is 44.9 Å². The summed E-state index contributed by atoms with van der Waals surface area (Å²) in [6.07, 6.45) is -0.276. The maximum Gasteiger partial charge on any atom is 0.305 e. The van der Waals surface area contributed by atoms with Crippen LogP contribution in [0.2, 0.25) is 10.0 Å². The van der Waals surface area contributed by atoms with Crippen LogP contribution in [0, 0.1) is 0 Å². The molecule has 0 bridgehead atoms. The predicted molar refractivity (Wildman–Crippen MR) is 132 cm³/mol. The van der Waals surface area contributed by atoms with E-state index in [9.17, 15) is 14.4 Å². The molecule has 34 heavy (non-hydrogen) atoms. The summed E-state index contributed by atoms with van der Waals surface area (Å²) in [5.74, 6) is -1.42. The van der Waals surface area contributed by atoms with Crippen LogP contribution in [0.1, 0.15) is 22.5 Å². The molecule has 0 spiro atoms. The molecule has 1 aliphatic heterocycles. The number of nitrogens with zero attached hydrogens (tertiary/aromatic N) is 2. The minimum atomic E-state index is -0.987. The molecular formula is C21H24Cl2N4O5S2. The number of carboxylic acids is 1. The molecule has 1 fully saturated rings. The second-order valence-electron chi connectivity index (χ2n) is 7.47. The minimum absolute atomic E-state index is 0.0324. The van der Waals surface area contributed by atoms with Crippen LogP contribution in [0.4, 0.5) is 0 Å². The molecule has 0 aliphatic carbocycles. The van der Waals surface area contributed by atoms with Gasteiger partial charge in [0.2, 0.25) is 5.91 Å². The fourth-order valence-corrected chi connectivity index (χ4v) is 5.11. The third-order valence-electron chi connectivity index (χ3n) is 4.81. The second-order valence-corrected chi connectivity index (χ2v) is 10.4. The van der Waals surface area contributed by atoms with Crippen molar-refractivity contribution < 1.29 is 24.2 Å². The number of carbonyl (C=O) groups is 3. The fraction of sp³-hybridized carbons (Fsp3) is 0.429. The lowest BCUT2D eigenvalue weighted by atomic mass is 10.2. The summed E-state index contributed by atoms with van der Waals surface area (Å²) in [7, 11) is 0. The van der Waals surface area contributed by atoms with Crippen molar-refractivity contribution in [2.24, 2.45) is 0 Å². The zero-order chi connectivity index (χ0) is 24.5. The number of amides is 2. The van der Waals surface area contributed by atoms with Gasteiger partial charge in [-0.2, -0.15) is 0 Å². The zero-order valence-corrected chi connectivity index (χ0v) is 21.2. The molecule has 3 rings (SSSR count). The maximum atomic E-state index is 12.3. The summed E-state index contributed by atoms with van der Waals surface area (Å²) in [4.78, 5) is 41.1. The van der Waals surface area contributed by atoms with Crippen molar-refractivity contribution in [1.82, 2.24) is 20.5 Å². The molecule has 0 unspecified atom stereocenters. The molecule has 2 heterocycles. The van der Waals surface area contributed by atoms with Gasteiger partial charge in [0.15, 0.2) is 4.34 Å². The number of benzene rings is 1. The van der Waals surface area contributed by atoms with Gasteiger partial charge in [0, 0.05) is 38.1 Å². The number of halogens is 2.